The first-order chi connectivity index (χ1) is 12.7. The van der Waals surface area contributed by atoms with E-state index in [4.69, 9.17) is 10.7 Å². The normalized spacial score (nSPS) is 16.6. The van der Waals surface area contributed by atoms with Crippen LogP contribution in [0.4, 0.5) is 11.5 Å². The van der Waals surface area contributed by atoms with E-state index in [1.165, 1.54) is 11.3 Å². The van der Waals surface area contributed by atoms with Crippen molar-refractivity contribution >= 4 is 22.8 Å². The number of hydrogen-bond acceptors (Lipinski definition) is 8. The van der Waals surface area contributed by atoms with Crippen molar-refractivity contribution in [3.05, 3.63) is 35.6 Å². The van der Waals surface area contributed by atoms with Gasteiger partial charge < -0.3 is 10.6 Å². The van der Waals surface area contributed by atoms with Gasteiger partial charge in [0.1, 0.15) is 39.5 Å². The lowest BCUT2D eigenvalue weighted by molar-refractivity contribution is 0.659. The average Bonchev–Trinajstić information content (AvgIpc) is 3.33. The van der Waals surface area contributed by atoms with Crippen molar-refractivity contribution in [2.24, 2.45) is 5.92 Å². The van der Waals surface area contributed by atoms with Crippen molar-refractivity contribution in [2.75, 3.05) is 23.7 Å². The maximum atomic E-state index is 9.56. The molecule has 26 heavy (non-hydrogen) atoms. The van der Waals surface area contributed by atoms with E-state index in [2.05, 4.69) is 32.8 Å². The molecule has 1 aliphatic heterocycles. The lowest BCUT2D eigenvalue weighted by atomic mass is 10.1. The smallest absolute Gasteiger partial charge is 0.147 e. The van der Waals surface area contributed by atoms with E-state index in [0.29, 0.717) is 34.3 Å². The van der Waals surface area contributed by atoms with Gasteiger partial charge in [0.05, 0.1) is 18.1 Å². The van der Waals surface area contributed by atoms with Crippen LogP contribution in [0.25, 0.3) is 22.1 Å². The van der Waals surface area contributed by atoms with Gasteiger partial charge in [-0.2, -0.15) is 5.26 Å². The molecule has 4 heterocycles. The molecule has 4 rings (SSSR count). The van der Waals surface area contributed by atoms with Crippen LogP contribution in [-0.2, 0) is 0 Å². The van der Waals surface area contributed by atoms with Gasteiger partial charge in [0.15, 0.2) is 0 Å². The van der Waals surface area contributed by atoms with E-state index < -0.39 is 0 Å². The quantitative estimate of drug-likeness (QED) is 0.762. The number of nitrogens with two attached hydrogens (primary N) is 1. The lowest BCUT2D eigenvalue weighted by Crippen LogP contribution is -2.20. The van der Waals surface area contributed by atoms with Crippen LogP contribution in [-0.4, -0.2) is 33.0 Å². The molecule has 0 aliphatic carbocycles. The van der Waals surface area contributed by atoms with Crippen LogP contribution in [0.5, 0.6) is 0 Å². The summed E-state index contributed by atoms with van der Waals surface area (Å²) in [5, 5.41) is 12.2. The zero-order chi connectivity index (χ0) is 18.1. The second-order valence-electron chi connectivity index (χ2n) is 6.37. The minimum Gasteiger partial charge on any atom is -0.398 e. The average molecular weight is 363 g/mol. The molecule has 3 aromatic rings. The first-order valence-corrected chi connectivity index (χ1v) is 9.21. The maximum absolute atomic E-state index is 9.56. The molecule has 1 fully saturated rings. The number of pyridine rings is 1. The third-order valence-electron chi connectivity index (χ3n) is 4.43. The zero-order valence-corrected chi connectivity index (χ0v) is 15.1. The van der Waals surface area contributed by atoms with Gasteiger partial charge in [-0.05, 0) is 18.4 Å². The van der Waals surface area contributed by atoms with E-state index in [1.807, 2.05) is 5.38 Å². The molecule has 1 atom stereocenters. The zero-order valence-electron chi connectivity index (χ0n) is 14.3. The minimum absolute atomic E-state index is 0.312. The number of rotatable bonds is 3. The van der Waals surface area contributed by atoms with Gasteiger partial charge in [0, 0.05) is 24.7 Å². The van der Waals surface area contributed by atoms with Gasteiger partial charge in [0.2, 0.25) is 0 Å². The van der Waals surface area contributed by atoms with Gasteiger partial charge in [-0.15, -0.1) is 11.3 Å². The van der Waals surface area contributed by atoms with Gasteiger partial charge in [-0.25, -0.2) is 15.0 Å². The molecular weight excluding hydrogens is 346 g/mol. The van der Waals surface area contributed by atoms with E-state index >= 15 is 0 Å². The number of nitrogens with zero attached hydrogens (tertiary/aromatic N) is 6. The van der Waals surface area contributed by atoms with Gasteiger partial charge in [-0.1, -0.05) is 6.92 Å². The fourth-order valence-corrected chi connectivity index (χ4v) is 3.69. The number of anilines is 2. The van der Waals surface area contributed by atoms with Crippen molar-refractivity contribution in [3.8, 4) is 28.2 Å². The Kier molecular flexibility index (Phi) is 4.22. The molecule has 0 radical (unpaired) electrons. The molecule has 0 aromatic carbocycles. The van der Waals surface area contributed by atoms with Gasteiger partial charge in [0.25, 0.3) is 0 Å². The maximum Gasteiger partial charge on any atom is 0.147 e. The Morgan fingerprint density at radius 1 is 1.31 bits per heavy atom. The van der Waals surface area contributed by atoms with E-state index in [0.717, 1.165) is 30.3 Å². The van der Waals surface area contributed by atoms with Crippen molar-refractivity contribution in [2.45, 2.75) is 13.3 Å². The summed E-state index contributed by atoms with van der Waals surface area (Å²) in [5.74, 6) is 1.44. The summed E-state index contributed by atoms with van der Waals surface area (Å²) in [6.07, 6.45) is 6.23. The molecule has 0 saturated carbocycles. The second kappa shape index (κ2) is 6.69. The van der Waals surface area contributed by atoms with Crippen molar-refractivity contribution in [3.63, 3.8) is 0 Å². The highest BCUT2D eigenvalue weighted by molar-refractivity contribution is 7.13. The molecule has 130 valence electrons. The molecule has 0 amide bonds. The Morgan fingerprint density at radius 2 is 2.19 bits per heavy atom. The topological polar surface area (TPSA) is 105 Å². The molecule has 0 spiro atoms. The number of nitrogen functional groups attached to an aromatic ring is 1. The predicted molar refractivity (Wildman–Crippen MR) is 101 cm³/mol. The van der Waals surface area contributed by atoms with Crippen molar-refractivity contribution in [1.29, 1.82) is 5.26 Å². The lowest BCUT2D eigenvalue weighted by Gasteiger charge is -2.17. The summed E-state index contributed by atoms with van der Waals surface area (Å²) in [4.78, 5) is 20.1. The first-order valence-electron chi connectivity index (χ1n) is 8.33. The summed E-state index contributed by atoms with van der Waals surface area (Å²) in [5.41, 5.74) is 8.41. The van der Waals surface area contributed by atoms with Crippen molar-refractivity contribution < 1.29 is 0 Å². The van der Waals surface area contributed by atoms with Crippen LogP contribution >= 0.6 is 11.3 Å². The van der Waals surface area contributed by atoms with E-state index in [1.54, 1.807) is 24.7 Å². The highest BCUT2D eigenvalue weighted by Gasteiger charge is 2.22. The molecule has 3 aromatic heterocycles. The predicted octanol–water partition coefficient (Wildman–Crippen LogP) is 2.96. The highest BCUT2D eigenvalue weighted by Crippen LogP contribution is 2.31. The number of aromatic nitrogens is 4. The standard InChI is InChI=1S/C18H17N7S/c1-11-2-4-25(10-11)16-9-21-8-15(23-16)17-12(7-19)13(20)6-14(24-17)18-22-3-5-26-18/h3,5-6,8-9,11H,2,4,10H2,1H3,(H2,20,24)/t11-/m0/s1. The second-order valence-corrected chi connectivity index (χ2v) is 7.27. The Bertz CT molecular complexity index is 978. The Labute approximate surface area is 155 Å². The Morgan fingerprint density at radius 3 is 2.88 bits per heavy atom. The molecule has 0 unspecified atom stereocenters. The third-order valence-corrected chi connectivity index (χ3v) is 5.22. The SMILES string of the molecule is C[C@H]1CCN(c2cncc(-c3nc(-c4nccs4)cc(N)c3C#N)n2)C1. The number of hydrogen-bond donors (Lipinski definition) is 1. The highest BCUT2D eigenvalue weighted by atomic mass is 32.1. The minimum atomic E-state index is 0.312. The summed E-state index contributed by atoms with van der Waals surface area (Å²) >= 11 is 1.47. The molecule has 7 nitrogen and oxygen atoms in total. The summed E-state index contributed by atoms with van der Waals surface area (Å²) in [6, 6.07) is 3.83. The summed E-state index contributed by atoms with van der Waals surface area (Å²) in [6.45, 7) is 4.14. The Balaban J connectivity index is 1.81. The van der Waals surface area contributed by atoms with E-state index in [-0.39, 0.29) is 0 Å². The molecule has 2 N–H and O–H groups in total. The van der Waals surface area contributed by atoms with Crippen LogP contribution in [0, 0.1) is 17.2 Å². The third kappa shape index (κ3) is 2.97. The first kappa shape index (κ1) is 16.4. The molecule has 8 heteroatoms. The summed E-state index contributed by atoms with van der Waals surface area (Å²) < 4.78 is 0. The van der Waals surface area contributed by atoms with Crippen LogP contribution in [0.3, 0.4) is 0 Å². The van der Waals surface area contributed by atoms with Gasteiger partial charge in [-0.3, -0.25) is 4.98 Å². The van der Waals surface area contributed by atoms with Crippen LogP contribution in [0.1, 0.15) is 18.9 Å². The number of thiazole rings is 1. The summed E-state index contributed by atoms with van der Waals surface area (Å²) in [7, 11) is 0. The van der Waals surface area contributed by atoms with Crippen LogP contribution < -0.4 is 10.6 Å². The van der Waals surface area contributed by atoms with E-state index in [9.17, 15) is 5.26 Å². The van der Waals surface area contributed by atoms with Crippen molar-refractivity contribution in [1.82, 2.24) is 19.9 Å². The number of nitriles is 1. The molecule has 1 saturated heterocycles. The molecule has 1 aliphatic rings. The monoisotopic (exact) mass is 363 g/mol. The van der Waals surface area contributed by atoms with Crippen LogP contribution in [0.2, 0.25) is 0 Å². The van der Waals surface area contributed by atoms with Gasteiger partial charge >= 0.3 is 0 Å². The molecule has 0 bridgehead atoms. The van der Waals surface area contributed by atoms with Crippen LogP contribution in [0.15, 0.2) is 30.0 Å². The fraction of sp³-hybridized carbons (Fsp3) is 0.278. The molecular formula is C18H17N7S. The Hall–Kier alpha value is -3.05. The fourth-order valence-electron chi connectivity index (χ4n) is 3.09. The largest absolute Gasteiger partial charge is 0.398 e.